The number of anilines is 1. The summed E-state index contributed by atoms with van der Waals surface area (Å²) in [5.41, 5.74) is 7.03. The normalized spacial score (nSPS) is 10.4. The zero-order valence-electron chi connectivity index (χ0n) is 7.52. The highest BCUT2D eigenvalue weighted by molar-refractivity contribution is 5.46. The molecule has 0 saturated heterocycles. The third kappa shape index (κ3) is 1.74. The molecule has 72 valence electrons. The fourth-order valence-corrected chi connectivity index (χ4v) is 1.29. The van der Waals surface area contributed by atoms with Gasteiger partial charge in [0.1, 0.15) is 5.82 Å². The minimum absolute atomic E-state index is 0.308. The predicted molar refractivity (Wildman–Crippen MR) is 52.1 cm³/mol. The molecule has 0 amide bonds. The number of rotatable bonds is 2. The van der Waals surface area contributed by atoms with E-state index in [2.05, 4.69) is 4.98 Å². The molecule has 1 heterocycles. The Balaban J connectivity index is 2.25. The second-order valence-corrected chi connectivity index (χ2v) is 3.08. The van der Waals surface area contributed by atoms with E-state index in [0.717, 1.165) is 5.56 Å². The third-order valence-corrected chi connectivity index (χ3v) is 2.02. The lowest BCUT2D eigenvalue weighted by Gasteiger charge is -2.05. The van der Waals surface area contributed by atoms with Crippen LogP contribution >= 0.6 is 0 Å². The first-order valence-electron chi connectivity index (χ1n) is 4.25. The highest BCUT2D eigenvalue weighted by Gasteiger charge is 2.00. The van der Waals surface area contributed by atoms with Gasteiger partial charge in [0.15, 0.2) is 0 Å². The third-order valence-electron chi connectivity index (χ3n) is 2.02. The Kier molecular flexibility index (Phi) is 2.18. The van der Waals surface area contributed by atoms with E-state index in [1.165, 1.54) is 12.1 Å². The zero-order valence-corrected chi connectivity index (χ0v) is 7.52. The van der Waals surface area contributed by atoms with E-state index in [1.54, 1.807) is 18.6 Å². The Labute approximate surface area is 81.0 Å². The Morgan fingerprint density at radius 3 is 2.93 bits per heavy atom. The van der Waals surface area contributed by atoms with Crippen molar-refractivity contribution in [3.8, 4) is 0 Å². The largest absolute Gasteiger partial charge is 0.398 e. The van der Waals surface area contributed by atoms with Gasteiger partial charge in [-0.15, -0.1) is 0 Å². The quantitative estimate of drug-likeness (QED) is 0.733. The second-order valence-electron chi connectivity index (χ2n) is 3.08. The molecule has 1 aromatic carbocycles. The molecule has 0 radical (unpaired) electrons. The van der Waals surface area contributed by atoms with E-state index in [0.29, 0.717) is 12.2 Å². The average molecular weight is 191 g/mol. The smallest absolute Gasteiger partial charge is 0.125 e. The van der Waals surface area contributed by atoms with Crippen LogP contribution in [0.25, 0.3) is 0 Å². The molecule has 0 atom stereocenters. The molecule has 2 aromatic rings. The van der Waals surface area contributed by atoms with Gasteiger partial charge in [0.2, 0.25) is 0 Å². The molecule has 2 N–H and O–H groups in total. The van der Waals surface area contributed by atoms with Gasteiger partial charge in [0.25, 0.3) is 0 Å². The summed E-state index contributed by atoms with van der Waals surface area (Å²) < 4.78 is 14.6. The number of nitrogen functional groups attached to an aromatic ring is 1. The zero-order chi connectivity index (χ0) is 9.97. The van der Waals surface area contributed by atoms with Gasteiger partial charge < -0.3 is 10.3 Å². The summed E-state index contributed by atoms with van der Waals surface area (Å²) in [6.45, 7) is 0.617. The molecule has 1 aromatic heterocycles. The summed E-state index contributed by atoms with van der Waals surface area (Å²) in [5, 5.41) is 0. The van der Waals surface area contributed by atoms with Gasteiger partial charge in [-0.05, 0) is 17.7 Å². The number of aromatic nitrogens is 2. The Bertz CT molecular complexity index is 423. The molecule has 0 unspecified atom stereocenters. The van der Waals surface area contributed by atoms with Crippen LogP contribution in [0.5, 0.6) is 0 Å². The van der Waals surface area contributed by atoms with E-state index in [9.17, 15) is 4.39 Å². The van der Waals surface area contributed by atoms with Crippen molar-refractivity contribution in [2.24, 2.45) is 0 Å². The van der Waals surface area contributed by atoms with Gasteiger partial charge in [-0.1, -0.05) is 6.07 Å². The summed E-state index contributed by atoms with van der Waals surface area (Å²) in [5.74, 6) is -0.308. The van der Waals surface area contributed by atoms with Crippen molar-refractivity contribution in [3.05, 3.63) is 48.3 Å². The molecule has 0 aliphatic rings. The molecular weight excluding hydrogens is 181 g/mol. The second kappa shape index (κ2) is 3.49. The minimum Gasteiger partial charge on any atom is -0.398 e. The lowest BCUT2D eigenvalue weighted by Crippen LogP contribution is -2.01. The number of benzene rings is 1. The first-order valence-corrected chi connectivity index (χ1v) is 4.25. The summed E-state index contributed by atoms with van der Waals surface area (Å²) in [7, 11) is 0. The first-order chi connectivity index (χ1) is 6.75. The highest BCUT2D eigenvalue weighted by Crippen LogP contribution is 2.14. The summed E-state index contributed by atoms with van der Waals surface area (Å²) in [6.07, 6.45) is 5.23. The van der Waals surface area contributed by atoms with Crippen molar-refractivity contribution in [1.29, 1.82) is 0 Å². The molecular formula is C10H10FN3. The molecule has 0 fully saturated rings. The van der Waals surface area contributed by atoms with Gasteiger partial charge in [0.05, 0.1) is 12.9 Å². The maximum Gasteiger partial charge on any atom is 0.125 e. The molecule has 0 aliphatic carbocycles. The first kappa shape index (κ1) is 8.74. The van der Waals surface area contributed by atoms with Crippen molar-refractivity contribution in [3.63, 3.8) is 0 Å². The summed E-state index contributed by atoms with van der Waals surface area (Å²) in [6, 6.07) is 4.42. The predicted octanol–water partition coefficient (Wildman–Crippen LogP) is 1.65. The van der Waals surface area contributed by atoms with Crippen molar-refractivity contribution >= 4 is 5.69 Å². The van der Waals surface area contributed by atoms with Crippen molar-refractivity contribution < 1.29 is 4.39 Å². The number of nitrogens with zero attached hydrogens (tertiary/aromatic N) is 2. The molecule has 4 heteroatoms. The summed E-state index contributed by atoms with van der Waals surface area (Å²) in [4.78, 5) is 3.91. The molecule has 0 bridgehead atoms. The van der Waals surface area contributed by atoms with Crippen molar-refractivity contribution in [2.75, 3.05) is 5.73 Å². The molecule has 14 heavy (non-hydrogen) atoms. The van der Waals surface area contributed by atoms with Gasteiger partial charge in [-0.3, -0.25) is 0 Å². The van der Waals surface area contributed by atoms with Crippen LogP contribution in [-0.4, -0.2) is 9.55 Å². The van der Waals surface area contributed by atoms with Crippen LogP contribution in [0.15, 0.2) is 36.9 Å². The van der Waals surface area contributed by atoms with E-state index in [-0.39, 0.29) is 5.82 Å². The van der Waals surface area contributed by atoms with Crippen molar-refractivity contribution in [1.82, 2.24) is 9.55 Å². The fourth-order valence-electron chi connectivity index (χ4n) is 1.29. The van der Waals surface area contributed by atoms with E-state index in [4.69, 9.17) is 5.73 Å². The Morgan fingerprint density at radius 1 is 1.43 bits per heavy atom. The van der Waals surface area contributed by atoms with Crippen LogP contribution < -0.4 is 5.73 Å². The maximum atomic E-state index is 12.7. The monoisotopic (exact) mass is 191 g/mol. The van der Waals surface area contributed by atoms with Crippen LogP contribution in [0, 0.1) is 5.82 Å². The topological polar surface area (TPSA) is 43.8 Å². The number of nitrogens with two attached hydrogens (primary N) is 1. The number of hydrogen-bond acceptors (Lipinski definition) is 2. The van der Waals surface area contributed by atoms with Gasteiger partial charge >= 0.3 is 0 Å². The van der Waals surface area contributed by atoms with Crippen LogP contribution in [0.1, 0.15) is 5.56 Å². The number of hydrogen-bond donors (Lipinski definition) is 1. The SMILES string of the molecule is Nc1cc(F)ccc1Cn1ccnc1. The molecule has 0 spiro atoms. The van der Waals surface area contributed by atoms with Crippen molar-refractivity contribution in [2.45, 2.75) is 6.54 Å². The van der Waals surface area contributed by atoms with Gasteiger partial charge in [-0.25, -0.2) is 9.37 Å². The molecule has 2 rings (SSSR count). The summed E-state index contributed by atoms with van der Waals surface area (Å²) >= 11 is 0. The van der Waals surface area contributed by atoms with Crippen LogP contribution in [0.3, 0.4) is 0 Å². The van der Waals surface area contributed by atoms with E-state index >= 15 is 0 Å². The maximum absolute atomic E-state index is 12.7. The standard InChI is InChI=1S/C10H10FN3/c11-9-2-1-8(10(12)5-9)6-14-4-3-13-7-14/h1-5,7H,6,12H2. The van der Waals surface area contributed by atoms with E-state index in [1.807, 2.05) is 10.8 Å². The minimum atomic E-state index is -0.308. The van der Waals surface area contributed by atoms with E-state index < -0.39 is 0 Å². The number of imidazole rings is 1. The Morgan fingerprint density at radius 2 is 2.29 bits per heavy atom. The molecule has 0 aliphatic heterocycles. The van der Waals surface area contributed by atoms with Gasteiger partial charge in [-0.2, -0.15) is 0 Å². The average Bonchev–Trinajstić information content (AvgIpc) is 2.62. The molecule has 3 nitrogen and oxygen atoms in total. The fraction of sp³-hybridized carbons (Fsp3) is 0.100. The van der Waals surface area contributed by atoms with Crippen LogP contribution in [0.4, 0.5) is 10.1 Å². The highest BCUT2D eigenvalue weighted by atomic mass is 19.1. The van der Waals surface area contributed by atoms with Gasteiger partial charge in [0, 0.05) is 18.1 Å². The lowest BCUT2D eigenvalue weighted by molar-refractivity contribution is 0.627. The number of halogens is 1. The van der Waals surface area contributed by atoms with Crippen LogP contribution in [0.2, 0.25) is 0 Å². The van der Waals surface area contributed by atoms with Crippen LogP contribution in [-0.2, 0) is 6.54 Å². The lowest BCUT2D eigenvalue weighted by atomic mass is 10.2. The Hall–Kier alpha value is -1.84. The molecule has 0 saturated carbocycles.